The second-order valence-electron chi connectivity index (χ2n) is 2.69. The maximum absolute atomic E-state index is 9.66. The minimum atomic E-state index is -0.130. The van der Waals surface area contributed by atoms with Crippen LogP contribution in [0.2, 0.25) is 0 Å². The molecule has 5 nitrogen and oxygen atoms in total. The van der Waals surface area contributed by atoms with Crippen molar-refractivity contribution in [3.63, 3.8) is 0 Å². The van der Waals surface area contributed by atoms with Crippen LogP contribution in [0, 0.1) is 0 Å². The molecule has 0 bridgehead atoms. The molecule has 0 heterocycles. The van der Waals surface area contributed by atoms with Crippen LogP contribution < -0.4 is 11.2 Å². The van der Waals surface area contributed by atoms with Crippen LogP contribution in [0.15, 0.2) is 20.1 Å². The van der Waals surface area contributed by atoms with Crippen LogP contribution in [0.3, 0.4) is 0 Å². The number of nitrogens with zero attached hydrogens (tertiary/aromatic N) is 1. The first-order valence-corrected chi connectivity index (χ1v) is 5.91. The average molecular weight is 369 g/mol. The quantitative estimate of drug-likeness (QED) is 0.363. The molecule has 0 saturated carbocycles. The molecule has 5 N–H and O–H groups in total. The van der Waals surface area contributed by atoms with E-state index in [0.717, 1.165) is 0 Å². The van der Waals surface area contributed by atoms with Crippen molar-refractivity contribution in [3.05, 3.63) is 20.6 Å². The molecule has 1 rings (SSSR count). The van der Waals surface area contributed by atoms with Crippen molar-refractivity contribution in [2.45, 2.75) is 0 Å². The fraction of sp³-hybridized carbons (Fsp3) is 0. The van der Waals surface area contributed by atoms with Gasteiger partial charge in [-0.3, -0.25) is 5.43 Å². The summed E-state index contributed by atoms with van der Waals surface area (Å²) in [5.74, 6) is -0.217. The lowest BCUT2D eigenvalue weighted by Crippen LogP contribution is -2.24. The highest BCUT2D eigenvalue weighted by Crippen LogP contribution is 2.40. The van der Waals surface area contributed by atoms with Gasteiger partial charge in [0.2, 0.25) is 0 Å². The Balaban J connectivity index is 3.06. The van der Waals surface area contributed by atoms with Gasteiger partial charge in [-0.2, -0.15) is 5.10 Å². The van der Waals surface area contributed by atoms with E-state index in [-0.39, 0.29) is 21.1 Å². The number of hydrogen-bond donors (Lipinski definition) is 4. The lowest BCUT2D eigenvalue weighted by atomic mass is 10.2. The van der Waals surface area contributed by atoms with Crippen LogP contribution in [0.25, 0.3) is 0 Å². The molecule has 8 heteroatoms. The summed E-state index contributed by atoms with van der Waals surface area (Å²) >= 11 is 10.7. The molecule has 0 spiro atoms. The zero-order chi connectivity index (χ0) is 12.3. The molecule has 1 aromatic rings. The number of phenols is 2. The monoisotopic (exact) mass is 367 g/mol. The van der Waals surface area contributed by atoms with Gasteiger partial charge in [-0.05, 0) is 50.1 Å². The summed E-state index contributed by atoms with van der Waals surface area (Å²) in [5.41, 5.74) is 7.90. The highest BCUT2D eigenvalue weighted by Gasteiger charge is 2.12. The third kappa shape index (κ3) is 3.06. The van der Waals surface area contributed by atoms with Gasteiger partial charge in [-0.25, -0.2) is 0 Å². The standard InChI is InChI=1S/C8H7Br2N3O2S/c9-4-1-3(2-12-13-8(11)16)6(14)5(10)7(4)15/h1-2,14-15H,(H3,11,13,16)/b12-2+. The summed E-state index contributed by atoms with van der Waals surface area (Å²) < 4.78 is 0.604. The molecular formula is C8H7Br2N3O2S. The van der Waals surface area contributed by atoms with Gasteiger partial charge in [0.05, 0.1) is 10.7 Å². The average Bonchev–Trinajstić information content (AvgIpc) is 2.22. The van der Waals surface area contributed by atoms with Crippen LogP contribution in [0.5, 0.6) is 11.5 Å². The summed E-state index contributed by atoms with van der Waals surface area (Å²) in [6, 6.07) is 1.50. The summed E-state index contributed by atoms with van der Waals surface area (Å²) in [6.07, 6.45) is 1.32. The molecule has 1 aromatic carbocycles. The number of rotatable bonds is 2. The van der Waals surface area contributed by atoms with E-state index in [9.17, 15) is 10.2 Å². The first kappa shape index (κ1) is 13.2. The van der Waals surface area contributed by atoms with Gasteiger partial charge in [0, 0.05) is 5.56 Å². The maximum Gasteiger partial charge on any atom is 0.184 e. The van der Waals surface area contributed by atoms with Gasteiger partial charge < -0.3 is 15.9 Å². The highest BCUT2D eigenvalue weighted by atomic mass is 79.9. The largest absolute Gasteiger partial charge is 0.506 e. The number of phenolic OH excluding ortho intramolecular Hbond substituents is 2. The van der Waals surface area contributed by atoms with E-state index in [1.807, 2.05) is 0 Å². The van der Waals surface area contributed by atoms with E-state index in [2.05, 4.69) is 54.6 Å². The van der Waals surface area contributed by atoms with Crippen molar-refractivity contribution in [1.29, 1.82) is 0 Å². The predicted octanol–water partition coefficient (Wildman–Crippen LogP) is 1.79. The number of aromatic hydroxyl groups is 2. The zero-order valence-corrected chi connectivity index (χ0v) is 11.7. The normalized spacial score (nSPS) is 10.6. The molecule has 16 heavy (non-hydrogen) atoms. The number of hydrazone groups is 1. The number of halogens is 2. The molecule has 0 unspecified atom stereocenters. The molecule has 0 radical (unpaired) electrons. The van der Waals surface area contributed by atoms with E-state index in [1.54, 1.807) is 0 Å². The Bertz CT molecular complexity index is 465. The Morgan fingerprint density at radius 1 is 1.44 bits per heavy atom. The molecule has 0 saturated heterocycles. The molecule has 0 aliphatic rings. The van der Waals surface area contributed by atoms with Crippen LogP contribution in [0.4, 0.5) is 0 Å². The fourth-order valence-electron chi connectivity index (χ4n) is 0.881. The first-order chi connectivity index (χ1) is 7.43. The minimum Gasteiger partial charge on any atom is -0.506 e. The van der Waals surface area contributed by atoms with Gasteiger partial charge in [-0.15, -0.1) is 0 Å². The molecule has 0 atom stereocenters. The third-order valence-corrected chi connectivity index (χ3v) is 3.02. The second-order valence-corrected chi connectivity index (χ2v) is 4.78. The summed E-state index contributed by atoms with van der Waals surface area (Å²) in [6.45, 7) is 0. The lowest BCUT2D eigenvalue weighted by Gasteiger charge is -2.06. The predicted molar refractivity (Wildman–Crippen MR) is 72.7 cm³/mol. The number of benzene rings is 1. The Kier molecular flexibility index (Phi) is 4.51. The molecule has 0 aromatic heterocycles. The Morgan fingerprint density at radius 2 is 2.06 bits per heavy atom. The van der Waals surface area contributed by atoms with Crippen LogP contribution >= 0.6 is 44.1 Å². The molecule has 86 valence electrons. The topological polar surface area (TPSA) is 90.9 Å². The number of nitrogens with two attached hydrogens (primary N) is 1. The first-order valence-electron chi connectivity index (χ1n) is 3.92. The van der Waals surface area contributed by atoms with Crippen LogP contribution in [0.1, 0.15) is 5.56 Å². The van der Waals surface area contributed by atoms with E-state index >= 15 is 0 Å². The van der Waals surface area contributed by atoms with E-state index in [1.165, 1.54) is 12.3 Å². The molecule has 0 fully saturated rings. The molecule has 0 aliphatic carbocycles. The number of thiocarbonyl (C=S) groups is 1. The number of hydrogen-bond acceptors (Lipinski definition) is 4. The van der Waals surface area contributed by atoms with Gasteiger partial charge in [0.1, 0.15) is 16.0 Å². The number of nitrogens with one attached hydrogen (secondary N) is 1. The van der Waals surface area contributed by atoms with Crippen molar-refractivity contribution < 1.29 is 10.2 Å². The fourth-order valence-corrected chi connectivity index (χ4v) is 2.09. The third-order valence-electron chi connectivity index (χ3n) is 1.58. The summed E-state index contributed by atoms with van der Waals surface area (Å²) in [5, 5.41) is 22.8. The molecule has 0 amide bonds. The van der Waals surface area contributed by atoms with Crippen molar-refractivity contribution in [3.8, 4) is 11.5 Å². The van der Waals surface area contributed by atoms with E-state index in [4.69, 9.17) is 5.73 Å². The molecular weight excluding hydrogens is 362 g/mol. The SMILES string of the molecule is NC(=S)N/N=C/c1cc(Br)c(O)c(Br)c1O. The molecule has 0 aliphatic heterocycles. The maximum atomic E-state index is 9.66. The zero-order valence-electron chi connectivity index (χ0n) is 7.74. The van der Waals surface area contributed by atoms with Crippen molar-refractivity contribution in [1.82, 2.24) is 5.43 Å². The second kappa shape index (κ2) is 5.46. The smallest absolute Gasteiger partial charge is 0.184 e. The summed E-state index contributed by atoms with van der Waals surface area (Å²) in [7, 11) is 0. The van der Waals surface area contributed by atoms with Crippen molar-refractivity contribution in [2.24, 2.45) is 10.8 Å². The van der Waals surface area contributed by atoms with Gasteiger partial charge >= 0.3 is 0 Å². The van der Waals surface area contributed by atoms with Gasteiger partial charge in [0.15, 0.2) is 5.11 Å². The Hall–Kier alpha value is -0.860. The van der Waals surface area contributed by atoms with Crippen molar-refractivity contribution >= 4 is 55.4 Å². The Labute approximate surface area is 114 Å². The summed E-state index contributed by atoms with van der Waals surface area (Å²) in [4.78, 5) is 0. The van der Waals surface area contributed by atoms with Crippen LogP contribution in [-0.4, -0.2) is 21.5 Å². The minimum absolute atomic E-state index is 0.0210. The highest BCUT2D eigenvalue weighted by molar-refractivity contribution is 9.11. The Morgan fingerprint density at radius 3 is 2.62 bits per heavy atom. The van der Waals surface area contributed by atoms with Gasteiger partial charge in [0.25, 0.3) is 0 Å². The van der Waals surface area contributed by atoms with Gasteiger partial charge in [-0.1, -0.05) is 0 Å². The van der Waals surface area contributed by atoms with Crippen molar-refractivity contribution in [2.75, 3.05) is 0 Å². The van der Waals surface area contributed by atoms with E-state index in [0.29, 0.717) is 10.0 Å². The van der Waals surface area contributed by atoms with Crippen LogP contribution in [-0.2, 0) is 0 Å². The lowest BCUT2D eigenvalue weighted by molar-refractivity contribution is 0.442. The van der Waals surface area contributed by atoms with E-state index < -0.39 is 0 Å².